The molecule has 2 nitrogen and oxygen atoms in total. The van der Waals surface area contributed by atoms with Gasteiger partial charge in [-0.15, -0.1) is 0 Å². The summed E-state index contributed by atoms with van der Waals surface area (Å²) in [5.74, 6) is 0.681. The van der Waals surface area contributed by atoms with Crippen molar-refractivity contribution in [3.8, 4) is 0 Å². The molecule has 1 aliphatic rings. The Kier molecular flexibility index (Phi) is 4.74. The third kappa shape index (κ3) is 3.65. The molecule has 13 heavy (non-hydrogen) atoms. The molecule has 0 saturated carbocycles. The van der Waals surface area contributed by atoms with Gasteiger partial charge >= 0.3 is 0 Å². The van der Waals surface area contributed by atoms with Gasteiger partial charge in [0.05, 0.1) is 12.2 Å². The highest BCUT2D eigenvalue weighted by Gasteiger charge is 2.23. The molecule has 1 fully saturated rings. The molecule has 1 heterocycles. The summed E-state index contributed by atoms with van der Waals surface area (Å²) in [4.78, 5) is 0. The van der Waals surface area contributed by atoms with Crippen molar-refractivity contribution in [1.29, 1.82) is 0 Å². The summed E-state index contributed by atoms with van der Waals surface area (Å²) in [5.41, 5.74) is 5.72. The summed E-state index contributed by atoms with van der Waals surface area (Å²) >= 11 is 0. The van der Waals surface area contributed by atoms with E-state index in [9.17, 15) is 0 Å². The van der Waals surface area contributed by atoms with E-state index in [1.807, 2.05) is 0 Å². The summed E-state index contributed by atoms with van der Waals surface area (Å²) in [6.45, 7) is 5.21. The van der Waals surface area contributed by atoms with E-state index in [1.54, 1.807) is 0 Å². The number of hydrogen-bond donors (Lipinski definition) is 1. The van der Waals surface area contributed by atoms with E-state index in [-0.39, 0.29) is 0 Å². The van der Waals surface area contributed by atoms with Gasteiger partial charge < -0.3 is 10.5 Å². The third-order valence-corrected chi connectivity index (χ3v) is 2.95. The maximum Gasteiger partial charge on any atom is 0.0582 e. The van der Waals surface area contributed by atoms with Crippen LogP contribution in [0.2, 0.25) is 0 Å². The fraction of sp³-hybridized carbons (Fsp3) is 1.00. The van der Waals surface area contributed by atoms with Crippen LogP contribution in [0.25, 0.3) is 0 Å². The van der Waals surface area contributed by atoms with Gasteiger partial charge in [-0.25, -0.2) is 0 Å². The molecule has 0 radical (unpaired) electrons. The first-order chi connectivity index (χ1) is 6.26. The van der Waals surface area contributed by atoms with Gasteiger partial charge in [-0.3, -0.25) is 0 Å². The van der Waals surface area contributed by atoms with E-state index in [0.717, 1.165) is 6.54 Å². The quantitative estimate of drug-likeness (QED) is 0.713. The molecule has 1 saturated heterocycles. The number of rotatable bonds is 5. The molecule has 0 aromatic carbocycles. The van der Waals surface area contributed by atoms with Gasteiger partial charge in [0.2, 0.25) is 0 Å². The van der Waals surface area contributed by atoms with Crippen LogP contribution in [0.5, 0.6) is 0 Å². The van der Waals surface area contributed by atoms with Crippen LogP contribution in [0.1, 0.15) is 46.0 Å². The number of hydrogen-bond acceptors (Lipinski definition) is 2. The van der Waals surface area contributed by atoms with Crippen molar-refractivity contribution >= 4 is 0 Å². The van der Waals surface area contributed by atoms with Crippen LogP contribution in [0, 0.1) is 5.92 Å². The second-order valence-corrected chi connectivity index (χ2v) is 4.27. The molecule has 3 atom stereocenters. The number of ether oxygens (including phenoxy) is 1. The zero-order valence-electron chi connectivity index (χ0n) is 8.96. The highest BCUT2D eigenvalue weighted by atomic mass is 16.5. The van der Waals surface area contributed by atoms with E-state index in [1.165, 1.54) is 32.1 Å². The van der Waals surface area contributed by atoms with Gasteiger partial charge in [0.1, 0.15) is 0 Å². The zero-order chi connectivity index (χ0) is 9.68. The Bertz CT molecular complexity index is 136. The first-order valence-corrected chi connectivity index (χ1v) is 5.61. The Hall–Kier alpha value is -0.0800. The zero-order valence-corrected chi connectivity index (χ0v) is 8.96. The normalized spacial score (nSPS) is 30.7. The predicted octanol–water partition coefficient (Wildman–Crippen LogP) is 2.32. The summed E-state index contributed by atoms with van der Waals surface area (Å²) in [7, 11) is 0. The minimum absolute atomic E-state index is 0.477. The fourth-order valence-corrected chi connectivity index (χ4v) is 2.17. The van der Waals surface area contributed by atoms with Crippen LogP contribution in [0.15, 0.2) is 0 Å². The summed E-state index contributed by atoms with van der Waals surface area (Å²) in [6, 6.07) is 0. The molecule has 0 aromatic heterocycles. The van der Waals surface area contributed by atoms with Crippen molar-refractivity contribution in [2.45, 2.75) is 58.2 Å². The van der Waals surface area contributed by atoms with Gasteiger partial charge in [-0.05, 0) is 45.1 Å². The second kappa shape index (κ2) is 5.61. The van der Waals surface area contributed by atoms with E-state index >= 15 is 0 Å². The van der Waals surface area contributed by atoms with Crippen molar-refractivity contribution in [2.24, 2.45) is 11.7 Å². The molecule has 2 heteroatoms. The molecule has 0 spiro atoms. The molecular formula is C11H23NO. The lowest BCUT2D eigenvalue weighted by Crippen LogP contribution is -2.21. The molecule has 1 rings (SSSR count). The topological polar surface area (TPSA) is 35.2 Å². The summed E-state index contributed by atoms with van der Waals surface area (Å²) in [5, 5.41) is 0. The van der Waals surface area contributed by atoms with Gasteiger partial charge in [0.25, 0.3) is 0 Å². The fourth-order valence-electron chi connectivity index (χ4n) is 2.17. The highest BCUT2D eigenvalue weighted by Crippen LogP contribution is 2.25. The van der Waals surface area contributed by atoms with Gasteiger partial charge in [-0.2, -0.15) is 0 Å². The molecule has 0 aliphatic carbocycles. The van der Waals surface area contributed by atoms with E-state index < -0.39 is 0 Å². The largest absolute Gasteiger partial charge is 0.375 e. The van der Waals surface area contributed by atoms with Crippen LogP contribution in [-0.4, -0.2) is 18.8 Å². The average molecular weight is 185 g/mol. The number of nitrogens with two attached hydrogens (primary N) is 1. The maximum atomic E-state index is 5.78. The molecule has 0 bridgehead atoms. The first kappa shape index (κ1) is 11.0. The summed E-state index contributed by atoms with van der Waals surface area (Å²) < 4.78 is 5.78. The van der Waals surface area contributed by atoms with E-state index in [4.69, 9.17) is 10.5 Å². The van der Waals surface area contributed by atoms with Gasteiger partial charge in [0, 0.05) is 0 Å². The second-order valence-electron chi connectivity index (χ2n) is 4.27. The lowest BCUT2D eigenvalue weighted by molar-refractivity contribution is 0.0407. The van der Waals surface area contributed by atoms with E-state index in [2.05, 4.69) is 13.8 Å². The molecule has 3 unspecified atom stereocenters. The van der Waals surface area contributed by atoms with Crippen molar-refractivity contribution < 1.29 is 4.74 Å². The van der Waals surface area contributed by atoms with Crippen LogP contribution in [0.3, 0.4) is 0 Å². The molecule has 0 aromatic rings. The minimum Gasteiger partial charge on any atom is -0.375 e. The van der Waals surface area contributed by atoms with Crippen LogP contribution >= 0.6 is 0 Å². The van der Waals surface area contributed by atoms with Crippen molar-refractivity contribution in [1.82, 2.24) is 0 Å². The molecule has 78 valence electrons. The Morgan fingerprint density at radius 1 is 1.46 bits per heavy atom. The monoisotopic (exact) mass is 185 g/mol. The average Bonchev–Trinajstić information content (AvgIpc) is 2.50. The van der Waals surface area contributed by atoms with Gasteiger partial charge in [-0.1, -0.05) is 13.3 Å². The first-order valence-electron chi connectivity index (χ1n) is 5.61. The van der Waals surface area contributed by atoms with Crippen molar-refractivity contribution in [3.05, 3.63) is 0 Å². The lowest BCUT2D eigenvalue weighted by atomic mass is 9.95. The third-order valence-electron chi connectivity index (χ3n) is 2.95. The Morgan fingerprint density at radius 3 is 2.69 bits per heavy atom. The maximum absolute atomic E-state index is 5.78. The molecular weight excluding hydrogens is 162 g/mol. The standard InChI is InChI=1S/C11H23NO/c1-3-4-10(8-12)7-11-6-5-9(2)13-11/h9-11H,3-8,12H2,1-2H3. The van der Waals surface area contributed by atoms with Crippen LogP contribution < -0.4 is 5.73 Å². The molecule has 1 aliphatic heterocycles. The molecule has 0 amide bonds. The lowest BCUT2D eigenvalue weighted by Gasteiger charge is -2.18. The Balaban J connectivity index is 2.21. The van der Waals surface area contributed by atoms with Gasteiger partial charge in [0.15, 0.2) is 0 Å². The highest BCUT2D eigenvalue weighted by molar-refractivity contribution is 4.74. The SMILES string of the molecule is CCCC(CN)CC1CCC(C)O1. The van der Waals surface area contributed by atoms with Crippen molar-refractivity contribution in [3.63, 3.8) is 0 Å². The smallest absolute Gasteiger partial charge is 0.0582 e. The van der Waals surface area contributed by atoms with Crippen LogP contribution in [0.4, 0.5) is 0 Å². The summed E-state index contributed by atoms with van der Waals surface area (Å²) in [6.07, 6.45) is 7.11. The predicted molar refractivity (Wildman–Crippen MR) is 55.6 cm³/mol. The molecule has 2 N–H and O–H groups in total. The van der Waals surface area contributed by atoms with E-state index in [0.29, 0.717) is 18.1 Å². The van der Waals surface area contributed by atoms with Crippen molar-refractivity contribution in [2.75, 3.05) is 6.54 Å². The minimum atomic E-state index is 0.477. The Labute approximate surface area is 81.8 Å². The van der Waals surface area contributed by atoms with Crippen LogP contribution in [-0.2, 0) is 4.74 Å². The Morgan fingerprint density at radius 2 is 2.23 bits per heavy atom.